The molecule has 1 saturated heterocycles. The Morgan fingerprint density at radius 1 is 1.86 bits per heavy atom. The highest BCUT2D eigenvalue weighted by Crippen LogP contribution is 2.29. The van der Waals surface area contributed by atoms with Gasteiger partial charge in [0.1, 0.15) is 6.04 Å². The minimum Gasteiger partial charge on any atom is -0.480 e. The summed E-state index contributed by atoms with van der Waals surface area (Å²) in [7, 11) is 0. The predicted octanol–water partition coefficient (Wildman–Crippen LogP) is -0.366. The van der Waals surface area contributed by atoms with Crippen molar-refractivity contribution < 1.29 is 9.90 Å². The summed E-state index contributed by atoms with van der Waals surface area (Å²) < 4.78 is 0. The molecule has 2 unspecified atom stereocenters. The average molecular weight is 197 g/mol. The van der Waals surface area contributed by atoms with Crippen molar-refractivity contribution in [3.8, 4) is 6.07 Å². The molecular formula is C9H15N3O2. The van der Waals surface area contributed by atoms with Gasteiger partial charge < -0.3 is 10.8 Å². The third kappa shape index (κ3) is 2.03. The molecule has 5 heteroatoms. The Labute approximate surface area is 83.1 Å². The largest absolute Gasteiger partial charge is 0.480 e. The van der Waals surface area contributed by atoms with Gasteiger partial charge in [-0.25, -0.2) is 0 Å². The van der Waals surface area contributed by atoms with Gasteiger partial charge in [-0.1, -0.05) is 0 Å². The highest BCUT2D eigenvalue weighted by Gasteiger charge is 2.38. The molecule has 0 aromatic heterocycles. The fourth-order valence-corrected chi connectivity index (χ4v) is 1.76. The van der Waals surface area contributed by atoms with Crippen LogP contribution in [-0.2, 0) is 4.79 Å². The Bertz CT molecular complexity index is 274. The number of rotatable bonds is 3. The molecule has 1 heterocycles. The third-order valence-corrected chi connectivity index (χ3v) is 2.72. The zero-order chi connectivity index (χ0) is 10.8. The van der Waals surface area contributed by atoms with Gasteiger partial charge in [0.05, 0.1) is 11.5 Å². The molecule has 0 saturated carbocycles. The Kier molecular flexibility index (Phi) is 3.09. The van der Waals surface area contributed by atoms with Gasteiger partial charge in [-0.2, -0.15) is 5.26 Å². The topological polar surface area (TPSA) is 90.4 Å². The first kappa shape index (κ1) is 11.0. The molecule has 78 valence electrons. The number of hydrogen-bond acceptors (Lipinski definition) is 4. The molecule has 0 amide bonds. The van der Waals surface area contributed by atoms with Crippen LogP contribution >= 0.6 is 0 Å². The van der Waals surface area contributed by atoms with Crippen LogP contribution in [0.2, 0.25) is 0 Å². The van der Waals surface area contributed by atoms with Crippen LogP contribution in [0.15, 0.2) is 0 Å². The second-order valence-electron chi connectivity index (χ2n) is 3.98. The summed E-state index contributed by atoms with van der Waals surface area (Å²) in [5.41, 5.74) is 4.96. The molecule has 5 nitrogen and oxygen atoms in total. The maximum atomic E-state index is 10.8. The SMILES string of the molecule is CC1(C#N)CCN(C(CN)C(=O)O)C1. The second kappa shape index (κ2) is 3.95. The van der Waals surface area contributed by atoms with E-state index in [0.717, 1.165) is 0 Å². The van der Waals surface area contributed by atoms with Crippen molar-refractivity contribution in [2.24, 2.45) is 11.1 Å². The van der Waals surface area contributed by atoms with E-state index in [2.05, 4.69) is 6.07 Å². The summed E-state index contributed by atoms with van der Waals surface area (Å²) in [4.78, 5) is 12.6. The number of carboxylic acids is 1. The van der Waals surface area contributed by atoms with Crippen molar-refractivity contribution in [2.45, 2.75) is 19.4 Å². The van der Waals surface area contributed by atoms with Crippen LogP contribution in [-0.4, -0.2) is 41.7 Å². The minimum atomic E-state index is -0.908. The first-order valence-electron chi connectivity index (χ1n) is 4.60. The summed E-state index contributed by atoms with van der Waals surface area (Å²) in [6.07, 6.45) is 0.716. The highest BCUT2D eigenvalue weighted by atomic mass is 16.4. The van der Waals surface area contributed by atoms with Crippen LogP contribution in [0, 0.1) is 16.7 Å². The first-order chi connectivity index (χ1) is 6.52. The molecule has 0 radical (unpaired) electrons. The van der Waals surface area contributed by atoms with Crippen molar-refractivity contribution in [1.82, 2.24) is 4.90 Å². The summed E-state index contributed by atoms with van der Waals surface area (Å²) in [5.74, 6) is -0.908. The Morgan fingerprint density at radius 2 is 2.50 bits per heavy atom. The van der Waals surface area contributed by atoms with Gasteiger partial charge in [-0.15, -0.1) is 0 Å². The lowest BCUT2D eigenvalue weighted by Gasteiger charge is -2.23. The average Bonchev–Trinajstić information content (AvgIpc) is 2.50. The van der Waals surface area contributed by atoms with E-state index in [-0.39, 0.29) is 6.54 Å². The molecule has 0 spiro atoms. The van der Waals surface area contributed by atoms with Gasteiger partial charge in [-0.05, 0) is 13.3 Å². The van der Waals surface area contributed by atoms with E-state index in [0.29, 0.717) is 19.5 Å². The van der Waals surface area contributed by atoms with Gasteiger partial charge in [0.2, 0.25) is 0 Å². The molecule has 0 aromatic rings. The van der Waals surface area contributed by atoms with Crippen LogP contribution < -0.4 is 5.73 Å². The number of nitrogens with two attached hydrogens (primary N) is 1. The van der Waals surface area contributed by atoms with Gasteiger partial charge in [-0.3, -0.25) is 9.69 Å². The molecular weight excluding hydrogens is 182 g/mol. The molecule has 1 aliphatic heterocycles. The van der Waals surface area contributed by atoms with E-state index in [1.165, 1.54) is 0 Å². The molecule has 2 atom stereocenters. The third-order valence-electron chi connectivity index (χ3n) is 2.72. The van der Waals surface area contributed by atoms with E-state index in [9.17, 15) is 4.79 Å². The van der Waals surface area contributed by atoms with Gasteiger partial charge >= 0.3 is 5.97 Å². The van der Waals surface area contributed by atoms with Crippen molar-refractivity contribution >= 4 is 5.97 Å². The van der Waals surface area contributed by atoms with Crippen molar-refractivity contribution in [2.75, 3.05) is 19.6 Å². The molecule has 0 bridgehead atoms. The lowest BCUT2D eigenvalue weighted by molar-refractivity contribution is -0.142. The minimum absolute atomic E-state index is 0.0941. The summed E-state index contributed by atoms with van der Waals surface area (Å²) >= 11 is 0. The fourth-order valence-electron chi connectivity index (χ4n) is 1.76. The van der Waals surface area contributed by atoms with Crippen LogP contribution in [0.25, 0.3) is 0 Å². The zero-order valence-electron chi connectivity index (χ0n) is 8.23. The quantitative estimate of drug-likeness (QED) is 0.644. The Hall–Kier alpha value is -1.12. The summed E-state index contributed by atoms with van der Waals surface area (Å²) in [6.45, 7) is 3.08. The number of nitrogens with zero attached hydrogens (tertiary/aromatic N) is 2. The number of aliphatic carboxylic acids is 1. The molecule has 3 N–H and O–H groups in total. The van der Waals surface area contributed by atoms with Crippen molar-refractivity contribution in [1.29, 1.82) is 5.26 Å². The Balaban J connectivity index is 2.66. The van der Waals surface area contributed by atoms with Crippen LogP contribution in [0.5, 0.6) is 0 Å². The molecule has 0 aliphatic carbocycles. The second-order valence-corrected chi connectivity index (χ2v) is 3.98. The summed E-state index contributed by atoms with van der Waals surface area (Å²) in [5, 5.41) is 17.8. The van der Waals surface area contributed by atoms with E-state index >= 15 is 0 Å². The van der Waals surface area contributed by atoms with Gasteiger partial charge in [0, 0.05) is 19.6 Å². The standard InChI is InChI=1S/C9H15N3O2/c1-9(5-11)2-3-12(6-9)7(4-10)8(13)14/h7H,2-4,6,10H2,1H3,(H,13,14). The fraction of sp³-hybridized carbons (Fsp3) is 0.778. The zero-order valence-corrected chi connectivity index (χ0v) is 8.23. The maximum absolute atomic E-state index is 10.8. The van der Waals surface area contributed by atoms with Crippen molar-refractivity contribution in [3.63, 3.8) is 0 Å². The lowest BCUT2D eigenvalue weighted by Crippen LogP contribution is -2.45. The van der Waals surface area contributed by atoms with Crippen LogP contribution in [0.4, 0.5) is 0 Å². The molecule has 1 rings (SSSR count). The number of carboxylic acid groups (broad SMARTS) is 1. The number of hydrogen-bond donors (Lipinski definition) is 2. The number of carbonyl (C=O) groups is 1. The molecule has 0 aromatic carbocycles. The van der Waals surface area contributed by atoms with E-state index < -0.39 is 17.4 Å². The van der Waals surface area contributed by atoms with Crippen LogP contribution in [0.1, 0.15) is 13.3 Å². The van der Waals surface area contributed by atoms with Gasteiger partial charge in [0.25, 0.3) is 0 Å². The molecule has 14 heavy (non-hydrogen) atoms. The van der Waals surface area contributed by atoms with Crippen LogP contribution in [0.3, 0.4) is 0 Å². The normalized spacial score (nSPS) is 29.8. The van der Waals surface area contributed by atoms with Gasteiger partial charge in [0.15, 0.2) is 0 Å². The predicted molar refractivity (Wildman–Crippen MR) is 50.4 cm³/mol. The number of nitriles is 1. The maximum Gasteiger partial charge on any atom is 0.322 e. The first-order valence-corrected chi connectivity index (χ1v) is 4.60. The number of likely N-dealkylation sites (tertiary alicyclic amines) is 1. The van der Waals surface area contributed by atoms with E-state index in [1.54, 1.807) is 4.90 Å². The van der Waals surface area contributed by atoms with E-state index in [1.807, 2.05) is 6.92 Å². The molecule has 1 aliphatic rings. The Morgan fingerprint density at radius 3 is 2.86 bits per heavy atom. The van der Waals surface area contributed by atoms with E-state index in [4.69, 9.17) is 16.1 Å². The lowest BCUT2D eigenvalue weighted by atomic mass is 9.92. The van der Waals surface area contributed by atoms with Crippen molar-refractivity contribution in [3.05, 3.63) is 0 Å². The smallest absolute Gasteiger partial charge is 0.322 e. The summed E-state index contributed by atoms with van der Waals surface area (Å²) in [6, 6.07) is 1.56. The highest BCUT2D eigenvalue weighted by molar-refractivity contribution is 5.73. The monoisotopic (exact) mass is 197 g/mol. The molecule has 1 fully saturated rings.